The summed E-state index contributed by atoms with van der Waals surface area (Å²) in [5.74, 6) is -0.476. The number of rotatable bonds is 5. The lowest BCUT2D eigenvalue weighted by atomic mass is 10.2. The first kappa shape index (κ1) is 14.9. The van der Waals surface area contributed by atoms with Crippen molar-refractivity contribution in [3.63, 3.8) is 0 Å². The minimum Gasteiger partial charge on any atom is -0.502 e. The van der Waals surface area contributed by atoms with Crippen LogP contribution in [0, 0.1) is 10.1 Å². The first-order valence-electron chi connectivity index (χ1n) is 5.46. The Bertz CT molecular complexity index is 784. The molecule has 0 unspecified atom stereocenters. The number of nitro groups is 1. The monoisotopic (exact) mass is 327 g/mol. The number of nitrogens with zero attached hydrogens (tertiary/aromatic N) is 2. The van der Waals surface area contributed by atoms with Crippen molar-refractivity contribution >= 4 is 33.3 Å². The van der Waals surface area contributed by atoms with Crippen molar-refractivity contribution in [3.05, 3.63) is 51.4 Å². The number of hydrogen-bond acceptors (Lipinski definition) is 7. The van der Waals surface area contributed by atoms with Crippen LogP contribution in [0.5, 0.6) is 5.75 Å². The van der Waals surface area contributed by atoms with Crippen LogP contribution < -0.4 is 4.83 Å². The Morgan fingerprint density at radius 3 is 2.76 bits per heavy atom. The van der Waals surface area contributed by atoms with Crippen molar-refractivity contribution in [1.29, 1.82) is 0 Å². The third-order valence-electron chi connectivity index (χ3n) is 2.34. The number of benzene rings is 1. The number of hydrogen-bond donors (Lipinski definition) is 2. The summed E-state index contributed by atoms with van der Waals surface area (Å²) >= 11 is 1.04. The van der Waals surface area contributed by atoms with Gasteiger partial charge in [-0.05, 0) is 23.6 Å². The topological polar surface area (TPSA) is 122 Å². The second-order valence-corrected chi connectivity index (χ2v) is 6.63. The number of nitrogens with one attached hydrogen (secondary N) is 1. The van der Waals surface area contributed by atoms with Gasteiger partial charge in [-0.1, -0.05) is 6.07 Å². The van der Waals surface area contributed by atoms with Gasteiger partial charge in [0.25, 0.3) is 10.0 Å². The fourth-order valence-electron chi connectivity index (χ4n) is 1.40. The summed E-state index contributed by atoms with van der Waals surface area (Å²) in [5.41, 5.74) is -0.214. The molecular weight excluding hydrogens is 318 g/mol. The third kappa shape index (κ3) is 3.55. The van der Waals surface area contributed by atoms with Crippen LogP contribution in [0.4, 0.5) is 5.69 Å². The summed E-state index contributed by atoms with van der Waals surface area (Å²) in [6.07, 6.45) is 1.11. The molecule has 0 fully saturated rings. The van der Waals surface area contributed by atoms with Gasteiger partial charge in [-0.15, -0.1) is 11.3 Å². The van der Waals surface area contributed by atoms with Crippen molar-refractivity contribution in [1.82, 2.24) is 4.83 Å². The van der Waals surface area contributed by atoms with Gasteiger partial charge in [0, 0.05) is 11.6 Å². The van der Waals surface area contributed by atoms with E-state index >= 15 is 0 Å². The number of phenols is 1. The molecule has 0 aliphatic rings. The van der Waals surface area contributed by atoms with Crippen LogP contribution in [0.15, 0.2) is 45.0 Å². The Labute approximate surface area is 123 Å². The second kappa shape index (κ2) is 5.89. The molecule has 2 rings (SSSR count). The summed E-state index contributed by atoms with van der Waals surface area (Å²) in [4.78, 5) is 11.9. The van der Waals surface area contributed by atoms with Crippen molar-refractivity contribution in [2.45, 2.75) is 4.21 Å². The number of aromatic hydroxyl groups is 1. The van der Waals surface area contributed by atoms with Crippen LogP contribution in [-0.4, -0.2) is 24.7 Å². The largest absolute Gasteiger partial charge is 0.502 e. The Hall–Kier alpha value is -2.46. The zero-order chi connectivity index (χ0) is 15.5. The zero-order valence-electron chi connectivity index (χ0n) is 10.3. The first-order valence-corrected chi connectivity index (χ1v) is 7.82. The highest BCUT2D eigenvalue weighted by atomic mass is 32.2. The van der Waals surface area contributed by atoms with E-state index in [4.69, 9.17) is 0 Å². The van der Waals surface area contributed by atoms with E-state index in [2.05, 4.69) is 5.10 Å². The van der Waals surface area contributed by atoms with Crippen LogP contribution in [0.1, 0.15) is 5.56 Å². The summed E-state index contributed by atoms with van der Waals surface area (Å²) in [7, 11) is -3.73. The second-order valence-electron chi connectivity index (χ2n) is 3.79. The number of hydrazone groups is 1. The molecule has 0 bridgehead atoms. The van der Waals surface area contributed by atoms with Crippen LogP contribution in [0.25, 0.3) is 0 Å². The molecule has 0 aliphatic carbocycles. The zero-order valence-corrected chi connectivity index (χ0v) is 12.0. The highest BCUT2D eigenvalue weighted by Gasteiger charge is 2.14. The molecule has 21 heavy (non-hydrogen) atoms. The SMILES string of the molecule is O=[N+]([O-])c1cc(/C=N/NS(=O)(=O)c2cccs2)ccc1O. The van der Waals surface area contributed by atoms with Gasteiger partial charge in [-0.25, -0.2) is 0 Å². The van der Waals surface area contributed by atoms with E-state index in [9.17, 15) is 23.6 Å². The first-order chi connectivity index (χ1) is 9.90. The summed E-state index contributed by atoms with van der Waals surface area (Å²) in [5, 5.41) is 25.1. The predicted octanol–water partition coefficient (Wildman–Crippen LogP) is 1.67. The quantitative estimate of drug-likeness (QED) is 0.491. The third-order valence-corrected chi connectivity index (χ3v) is 4.96. The van der Waals surface area contributed by atoms with Crippen molar-refractivity contribution in [2.24, 2.45) is 5.10 Å². The van der Waals surface area contributed by atoms with Gasteiger partial charge in [0.1, 0.15) is 4.21 Å². The molecule has 1 aromatic carbocycles. The minimum atomic E-state index is -3.73. The average molecular weight is 327 g/mol. The van der Waals surface area contributed by atoms with Crippen LogP contribution in [0.3, 0.4) is 0 Å². The number of sulfonamides is 1. The number of phenolic OH excluding ortho intramolecular Hbond substituents is 1. The van der Waals surface area contributed by atoms with Gasteiger partial charge in [0.2, 0.25) is 0 Å². The molecule has 0 amide bonds. The van der Waals surface area contributed by atoms with Gasteiger partial charge in [-0.2, -0.15) is 18.4 Å². The fourth-order valence-corrected chi connectivity index (χ4v) is 3.17. The Morgan fingerprint density at radius 1 is 1.38 bits per heavy atom. The molecule has 0 radical (unpaired) electrons. The normalized spacial score (nSPS) is 11.6. The molecule has 2 aromatic rings. The van der Waals surface area contributed by atoms with E-state index in [1.54, 1.807) is 11.4 Å². The van der Waals surface area contributed by atoms with E-state index in [1.807, 2.05) is 4.83 Å². The maximum atomic E-state index is 11.8. The molecule has 2 N–H and O–H groups in total. The molecule has 0 aliphatic heterocycles. The molecule has 1 aromatic heterocycles. The van der Waals surface area contributed by atoms with E-state index in [1.165, 1.54) is 12.1 Å². The Kier molecular flexibility index (Phi) is 4.19. The van der Waals surface area contributed by atoms with Gasteiger partial charge in [0.15, 0.2) is 5.75 Å². The maximum absolute atomic E-state index is 11.8. The molecule has 0 saturated heterocycles. The van der Waals surface area contributed by atoms with Gasteiger partial charge in [0.05, 0.1) is 11.1 Å². The van der Waals surface area contributed by atoms with E-state index in [0.717, 1.165) is 29.7 Å². The molecule has 1 heterocycles. The van der Waals surface area contributed by atoms with E-state index < -0.39 is 26.4 Å². The van der Waals surface area contributed by atoms with Gasteiger partial charge in [-0.3, -0.25) is 10.1 Å². The lowest BCUT2D eigenvalue weighted by molar-refractivity contribution is -0.385. The molecular formula is C11H9N3O5S2. The van der Waals surface area contributed by atoms with Crippen molar-refractivity contribution in [2.75, 3.05) is 0 Å². The van der Waals surface area contributed by atoms with Crippen molar-refractivity contribution < 1.29 is 18.4 Å². The lowest BCUT2D eigenvalue weighted by Crippen LogP contribution is -2.17. The Balaban J connectivity index is 2.16. The number of thiophene rings is 1. The molecule has 110 valence electrons. The van der Waals surface area contributed by atoms with Gasteiger partial charge < -0.3 is 5.11 Å². The molecule has 0 atom stereocenters. The molecule has 8 nitrogen and oxygen atoms in total. The summed E-state index contributed by atoms with van der Waals surface area (Å²) < 4.78 is 23.6. The van der Waals surface area contributed by atoms with E-state index in [-0.39, 0.29) is 9.77 Å². The molecule has 0 saturated carbocycles. The smallest absolute Gasteiger partial charge is 0.311 e. The van der Waals surface area contributed by atoms with Crippen LogP contribution in [-0.2, 0) is 10.0 Å². The summed E-state index contributed by atoms with van der Waals surface area (Å²) in [6, 6.07) is 6.59. The van der Waals surface area contributed by atoms with Gasteiger partial charge >= 0.3 is 5.69 Å². The van der Waals surface area contributed by atoms with Crippen LogP contribution in [0.2, 0.25) is 0 Å². The lowest BCUT2D eigenvalue weighted by Gasteiger charge is -2.00. The molecule has 0 spiro atoms. The van der Waals surface area contributed by atoms with Crippen LogP contribution >= 0.6 is 11.3 Å². The van der Waals surface area contributed by atoms with E-state index in [0.29, 0.717) is 0 Å². The maximum Gasteiger partial charge on any atom is 0.311 e. The Morgan fingerprint density at radius 2 is 2.14 bits per heavy atom. The average Bonchev–Trinajstić information content (AvgIpc) is 2.95. The van der Waals surface area contributed by atoms with Crippen molar-refractivity contribution in [3.8, 4) is 5.75 Å². The summed E-state index contributed by atoms with van der Waals surface area (Å²) in [6.45, 7) is 0. The highest BCUT2D eigenvalue weighted by molar-refractivity contribution is 7.91. The highest BCUT2D eigenvalue weighted by Crippen LogP contribution is 2.25. The minimum absolute atomic E-state index is 0.108. The molecule has 10 heteroatoms. The predicted molar refractivity (Wildman–Crippen MR) is 77.0 cm³/mol. The fraction of sp³-hybridized carbons (Fsp3) is 0. The standard InChI is InChI=1S/C11H9N3O5S2/c15-10-4-3-8(6-9(10)14(16)17)7-12-13-21(18,19)11-2-1-5-20-11/h1-7,13,15H/b12-7+. The number of nitro benzene ring substituents is 1.